The van der Waals surface area contributed by atoms with Crippen molar-refractivity contribution in [2.75, 3.05) is 53.1 Å². The van der Waals surface area contributed by atoms with Crippen LogP contribution < -0.4 is 0 Å². The smallest absolute Gasteiger partial charge is 0.409 e. The molecule has 0 aromatic rings. The van der Waals surface area contributed by atoms with Crippen LogP contribution in [0.15, 0.2) is 0 Å². The Bertz CT molecular complexity index is 526. The fourth-order valence-electron chi connectivity index (χ4n) is 3.02. The molecule has 2 unspecified atom stereocenters. The Kier molecular flexibility index (Phi) is 9.68. The highest BCUT2D eigenvalue weighted by Crippen LogP contribution is 2.26. The molecule has 2 heterocycles. The third-order valence-corrected chi connectivity index (χ3v) is 5.02. The molecular weight excluding hydrogens is 376 g/mol. The van der Waals surface area contributed by atoms with Gasteiger partial charge in [0.25, 0.3) is 0 Å². The maximum Gasteiger partial charge on any atom is 0.409 e. The van der Waals surface area contributed by atoms with Crippen molar-refractivity contribution in [3.05, 3.63) is 0 Å². The summed E-state index contributed by atoms with van der Waals surface area (Å²) in [5.74, 6) is 0. The van der Waals surface area contributed by atoms with Gasteiger partial charge < -0.3 is 28.7 Å². The third-order valence-electron chi connectivity index (χ3n) is 5.02. The van der Waals surface area contributed by atoms with Crippen molar-refractivity contribution in [3.8, 4) is 0 Å². The van der Waals surface area contributed by atoms with Gasteiger partial charge in [0.1, 0.15) is 0 Å². The highest BCUT2D eigenvalue weighted by atomic mass is 16.6. The normalized spacial score (nSPS) is 23.0. The van der Waals surface area contributed by atoms with Gasteiger partial charge in [-0.15, -0.1) is 0 Å². The number of morpholine rings is 2. The zero-order valence-corrected chi connectivity index (χ0v) is 19.4. The SMILES string of the molecule is CCOC(=O)N1CCOC(C(C)(C)C)C1.COC(=O)N1CCOC(C(C)(C)C)C1. The van der Waals surface area contributed by atoms with Gasteiger partial charge in [-0.25, -0.2) is 9.59 Å². The molecule has 2 amide bonds. The second-order valence-corrected chi connectivity index (χ2v) is 9.51. The van der Waals surface area contributed by atoms with Gasteiger partial charge in [-0.05, 0) is 17.8 Å². The number of rotatable bonds is 1. The minimum atomic E-state index is -0.262. The first-order chi connectivity index (χ1) is 13.4. The topological polar surface area (TPSA) is 77.5 Å². The van der Waals surface area contributed by atoms with E-state index in [1.165, 1.54) is 7.11 Å². The lowest BCUT2D eigenvalue weighted by Gasteiger charge is -2.38. The summed E-state index contributed by atoms with van der Waals surface area (Å²) >= 11 is 0. The van der Waals surface area contributed by atoms with Crippen LogP contribution in [0.25, 0.3) is 0 Å². The summed E-state index contributed by atoms with van der Waals surface area (Å²) < 4.78 is 20.9. The molecule has 2 atom stereocenters. The van der Waals surface area contributed by atoms with Crippen LogP contribution in [0, 0.1) is 10.8 Å². The number of carbonyl (C=O) groups is 2. The Morgan fingerprint density at radius 1 is 0.862 bits per heavy atom. The number of ether oxygens (including phenoxy) is 4. The molecule has 0 aliphatic carbocycles. The molecule has 2 saturated heterocycles. The van der Waals surface area contributed by atoms with Gasteiger partial charge in [-0.3, -0.25) is 0 Å². The average molecular weight is 417 g/mol. The number of amides is 2. The highest BCUT2D eigenvalue weighted by Gasteiger charge is 2.33. The van der Waals surface area contributed by atoms with Crippen molar-refractivity contribution in [2.24, 2.45) is 10.8 Å². The number of carbonyl (C=O) groups excluding carboxylic acids is 2. The lowest BCUT2D eigenvalue weighted by atomic mass is 9.88. The van der Waals surface area contributed by atoms with Gasteiger partial charge in [0, 0.05) is 13.1 Å². The molecule has 0 N–H and O–H groups in total. The zero-order chi connectivity index (χ0) is 22.2. The van der Waals surface area contributed by atoms with Crippen LogP contribution in [-0.4, -0.2) is 87.3 Å². The van der Waals surface area contributed by atoms with Crippen molar-refractivity contribution in [1.82, 2.24) is 9.80 Å². The predicted molar refractivity (Wildman–Crippen MR) is 111 cm³/mol. The molecule has 8 heteroatoms. The number of methoxy groups -OCH3 is 1. The van der Waals surface area contributed by atoms with E-state index < -0.39 is 0 Å². The van der Waals surface area contributed by atoms with E-state index in [-0.39, 0.29) is 35.2 Å². The molecule has 2 fully saturated rings. The Morgan fingerprint density at radius 2 is 1.28 bits per heavy atom. The van der Waals surface area contributed by atoms with Crippen molar-refractivity contribution >= 4 is 12.2 Å². The molecule has 8 nitrogen and oxygen atoms in total. The van der Waals surface area contributed by atoms with Crippen LogP contribution in [0.2, 0.25) is 0 Å². The summed E-state index contributed by atoms with van der Waals surface area (Å²) in [6, 6.07) is 0. The Morgan fingerprint density at radius 3 is 1.62 bits per heavy atom. The molecule has 0 bridgehead atoms. The Hall–Kier alpha value is -1.54. The molecule has 0 radical (unpaired) electrons. The minimum Gasteiger partial charge on any atom is -0.453 e. The quantitative estimate of drug-likeness (QED) is 0.652. The molecule has 0 aromatic heterocycles. The zero-order valence-electron chi connectivity index (χ0n) is 19.4. The van der Waals surface area contributed by atoms with E-state index in [0.717, 1.165) is 0 Å². The van der Waals surface area contributed by atoms with Gasteiger partial charge in [-0.1, -0.05) is 41.5 Å². The summed E-state index contributed by atoms with van der Waals surface area (Å²) in [6.07, 6.45) is -0.302. The fourth-order valence-corrected chi connectivity index (χ4v) is 3.02. The predicted octanol–water partition coefficient (Wildman–Crippen LogP) is 3.39. The molecule has 2 rings (SSSR count). The van der Waals surface area contributed by atoms with Gasteiger partial charge in [0.2, 0.25) is 0 Å². The van der Waals surface area contributed by atoms with Gasteiger partial charge >= 0.3 is 12.2 Å². The van der Waals surface area contributed by atoms with Crippen LogP contribution in [0.5, 0.6) is 0 Å². The molecule has 29 heavy (non-hydrogen) atoms. The molecule has 0 saturated carbocycles. The molecule has 2 aliphatic rings. The molecule has 0 aromatic carbocycles. The molecule has 0 spiro atoms. The molecule has 170 valence electrons. The van der Waals surface area contributed by atoms with Gasteiger partial charge in [-0.2, -0.15) is 0 Å². The highest BCUT2D eigenvalue weighted by molar-refractivity contribution is 5.68. The molecular formula is C21H40N2O6. The first-order valence-corrected chi connectivity index (χ1v) is 10.4. The van der Waals surface area contributed by atoms with Crippen LogP contribution >= 0.6 is 0 Å². The number of hydrogen-bond donors (Lipinski definition) is 0. The first kappa shape index (κ1) is 25.5. The monoisotopic (exact) mass is 416 g/mol. The Labute approximate surface area is 175 Å². The van der Waals surface area contributed by atoms with E-state index in [1.807, 2.05) is 6.92 Å². The fraction of sp³-hybridized carbons (Fsp3) is 0.905. The standard InChI is InChI=1S/C11H21NO3.C10H19NO3/c1-5-14-10(13)12-6-7-15-9(8-12)11(2,3)4;1-10(2,3)8-7-11(5-6-14-8)9(12)13-4/h9H,5-8H2,1-4H3;8H,5-7H2,1-4H3. The van der Waals surface area contributed by atoms with Crippen molar-refractivity contribution < 1.29 is 28.5 Å². The van der Waals surface area contributed by atoms with E-state index in [0.29, 0.717) is 46.0 Å². The largest absolute Gasteiger partial charge is 0.453 e. The van der Waals surface area contributed by atoms with E-state index >= 15 is 0 Å². The van der Waals surface area contributed by atoms with Crippen molar-refractivity contribution in [2.45, 2.75) is 60.7 Å². The summed E-state index contributed by atoms with van der Waals surface area (Å²) in [5.41, 5.74) is 0.123. The van der Waals surface area contributed by atoms with Crippen LogP contribution in [-0.2, 0) is 18.9 Å². The van der Waals surface area contributed by atoms with Gasteiger partial charge in [0.15, 0.2) is 0 Å². The lowest BCUT2D eigenvalue weighted by molar-refractivity contribution is -0.0747. The van der Waals surface area contributed by atoms with Gasteiger partial charge in [0.05, 0.1) is 52.2 Å². The lowest BCUT2D eigenvalue weighted by Crippen LogP contribution is -2.50. The third kappa shape index (κ3) is 8.38. The van der Waals surface area contributed by atoms with E-state index in [9.17, 15) is 9.59 Å². The average Bonchev–Trinajstić information content (AvgIpc) is 2.67. The second kappa shape index (κ2) is 11.0. The van der Waals surface area contributed by atoms with Crippen LogP contribution in [0.4, 0.5) is 9.59 Å². The summed E-state index contributed by atoms with van der Waals surface area (Å²) in [7, 11) is 1.41. The van der Waals surface area contributed by atoms with E-state index in [2.05, 4.69) is 46.3 Å². The van der Waals surface area contributed by atoms with Crippen molar-refractivity contribution in [3.63, 3.8) is 0 Å². The van der Waals surface area contributed by atoms with Crippen molar-refractivity contribution in [1.29, 1.82) is 0 Å². The summed E-state index contributed by atoms with van der Waals surface area (Å²) in [6.45, 7) is 18.6. The summed E-state index contributed by atoms with van der Waals surface area (Å²) in [4.78, 5) is 26.2. The maximum atomic E-state index is 11.5. The van der Waals surface area contributed by atoms with Crippen LogP contribution in [0.1, 0.15) is 48.5 Å². The second-order valence-electron chi connectivity index (χ2n) is 9.51. The maximum absolute atomic E-state index is 11.5. The van der Waals surface area contributed by atoms with E-state index in [4.69, 9.17) is 14.2 Å². The van der Waals surface area contributed by atoms with E-state index in [1.54, 1.807) is 9.80 Å². The Balaban J connectivity index is 0.000000291. The molecule has 2 aliphatic heterocycles. The van der Waals surface area contributed by atoms with Crippen LogP contribution in [0.3, 0.4) is 0 Å². The first-order valence-electron chi connectivity index (χ1n) is 10.4. The number of nitrogens with zero attached hydrogens (tertiary/aromatic N) is 2. The number of hydrogen-bond acceptors (Lipinski definition) is 6. The minimum absolute atomic E-state index is 0.0607. The summed E-state index contributed by atoms with van der Waals surface area (Å²) in [5, 5.41) is 0.